The van der Waals surface area contributed by atoms with Crippen molar-refractivity contribution in [2.75, 3.05) is 6.54 Å². The molecule has 1 aromatic heterocycles. The first-order valence-corrected chi connectivity index (χ1v) is 8.50. The quantitative estimate of drug-likeness (QED) is 0.795. The molecule has 9 heteroatoms. The van der Waals surface area contributed by atoms with Gasteiger partial charge in [-0.25, -0.2) is 13.1 Å². The fraction of sp³-hybridized carbons (Fsp3) is 0.500. The molecule has 0 saturated heterocycles. The summed E-state index contributed by atoms with van der Waals surface area (Å²) in [5.41, 5.74) is 0. The van der Waals surface area contributed by atoms with E-state index in [1.807, 2.05) is 6.92 Å². The van der Waals surface area contributed by atoms with Crippen LogP contribution in [0.2, 0.25) is 8.67 Å². The SMILES string of the molecule is CCCC(CNS(=O)(=O)c1cc(Cl)sc1Cl)C(=O)O. The largest absolute Gasteiger partial charge is 0.481 e. The highest BCUT2D eigenvalue weighted by atomic mass is 35.5. The van der Waals surface area contributed by atoms with Gasteiger partial charge in [-0.15, -0.1) is 11.3 Å². The number of nitrogens with one attached hydrogen (secondary N) is 1. The van der Waals surface area contributed by atoms with Crippen LogP contribution in [0.25, 0.3) is 0 Å². The Hall–Kier alpha value is -0.340. The molecule has 19 heavy (non-hydrogen) atoms. The molecule has 1 aromatic rings. The summed E-state index contributed by atoms with van der Waals surface area (Å²) in [6.45, 7) is 1.66. The minimum Gasteiger partial charge on any atom is -0.481 e. The molecule has 0 fully saturated rings. The number of carboxylic acids is 1. The molecule has 5 nitrogen and oxygen atoms in total. The molecule has 0 bridgehead atoms. The maximum absolute atomic E-state index is 12.0. The van der Waals surface area contributed by atoms with Gasteiger partial charge in [-0.3, -0.25) is 4.79 Å². The second kappa shape index (κ2) is 6.90. The van der Waals surface area contributed by atoms with E-state index in [-0.39, 0.29) is 20.1 Å². The van der Waals surface area contributed by atoms with E-state index < -0.39 is 21.9 Å². The number of sulfonamides is 1. The Balaban J connectivity index is 2.80. The molecule has 0 radical (unpaired) electrons. The van der Waals surface area contributed by atoms with Crippen LogP contribution in [0.1, 0.15) is 19.8 Å². The predicted molar refractivity (Wildman–Crippen MR) is 75.6 cm³/mol. The lowest BCUT2D eigenvalue weighted by Crippen LogP contribution is -2.32. The molecule has 1 unspecified atom stereocenters. The van der Waals surface area contributed by atoms with E-state index in [9.17, 15) is 13.2 Å². The molecule has 0 amide bonds. The Kier molecular flexibility index (Phi) is 6.07. The van der Waals surface area contributed by atoms with Crippen molar-refractivity contribution < 1.29 is 18.3 Å². The molecule has 0 saturated carbocycles. The lowest BCUT2D eigenvalue weighted by molar-refractivity contribution is -0.141. The maximum Gasteiger partial charge on any atom is 0.307 e. The summed E-state index contributed by atoms with van der Waals surface area (Å²) in [5.74, 6) is -1.79. The third kappa shape index (κ3) is 4.61. The molecule has 2 N–H and O–H groups in total. The van der Waals surface area contributed by atoms with Crippen molar-refractivity contribution in [3.63, 3.8) is 0 Å². The van der Waals surface area contributed by atoms with Crippen molar-refractivity contribution in [1.29, 1.82) is 0 Å². The number of hydrogen-bond donors (Lipinski definition) is 2. The molecule has 0 spiro atoms. The second-order valence-electron chi connectivity index (χ2n) is 3.86. The van der Waals surface area contributed by atoms with Gasteiger partial charge in [0.05, 0.1) is 10.3 Å². The highest BCUT2D eigenvalue weighted by Crippen LogP contribution is 2.34. The van der Waals surface area contributed by atoms with Crippen LogP contribution in [0.15, 0.2) is 11.0 Å². The minimum absolute atomic E-state index is 0.0554. The second-order valence-corrected chi connectivity index (χ2v) is 7.89. The zero-order chi connectivity index (χ0) is 14.6. The molecule has 0 aliphatic rings. The average Bonchev–Trinajstić information content (AvgIpc) is 2.64. The van der Waals surface area contributed by atoms with Crippen molar-refractivity contribution in [1.82, 2.24) is 4.72 Å². The summed E-state index contributed by atoms with van der Waals surface area (Å²) in [5, 5.41) is 8.95. The molecule has 0 aliphatic heterocycles. The molecule has 0 aliphatic carbocycles. The van der Waals surface area contributed by atoms with Gasteiger partial charge in [0, 0.05) is 6.54 Å². The van der Waals surface area contributed by atoms with Crippen LogP contribution in [0.5, 0.6) is 0 Å². The van der Waals surface area contributed by atoms with E-state index in [0.717, 1.165) is 11.3 Å². The van der Waals surface area contributed by atoms with E-state index in [1.165, 1.54) is 6.07 Å². The molecule has 1 heterocycles. The highest BCUT2D eigenvalue weighted by molar-refractivity contribution is 7.89. The van der Waals surface area contributed by atoms with Crippen molar-refractivity contribution in [3.05, 3.63) is 14.7 Å². The van der Waals surface area contributed by atoms with Gasteiger partial charge in [0.2, 0.25) is 10.0 Å². The van der Waals surface area contributed by atoms with Crippen LogP contribution in [0, 0.1) is 5.92 Å². The summed E-state index contributed by atoms with van der Waals surface area (Å²) in [7, 11) is -3.84. The van der Waals surface area contributed by atoms with E-state index in [4.69, 9.17) is 28.3 Å². The number of thiophene rings is 1. The third-order valence-corrected chi connectivity index (χ3v) is 5.60. The molecular weight excluding hydrogens is 333 g/mol. The first kappa shape index (κ1) is 16.7. The summed E-state index contributed by atoms with van der Waals surface area (Å²) >= 11 is 12.4. The van der Waals surface area contributed by atoms with Crippen LogP contribution in [0.3, 0.4) is 0 Å². The molecule has 1 rings (SSSR count). The topological polar surface area (TPSA) is 83.5 Å². The number of carboxylic acid groups (broad SMARTS) is 1. The Morgan fingerprint density at radius 2 is 2.16 bits per heavy atom. The predicted octanol–water partition coefficient (Wildman–Crippen LogP) is 2.83. The Morgan fingerprint density at radius 3 is 2.58 bits per heavy atom. The Morgan fingerprint density at radius 1 is 1.53 bits per heavy atom. The van der Waals surface area contributed by atoms with Gasteiger partial charge in [0.25, 0.3) is 0 Å². The highest BCUT2D eigenvalue weighted by Gasteiger charge is 2.24. The number of hydrogen-bond acceptors (Lipinski definition) is 4. The summed E-state index contributed by atoms with van der Waals surface area (Å²) < 4.78 is 26.5. The van der Waals surface area contributed by atoms with Gasteiger partial charge in [-0.05, 0) is 12.5 Å². The first-order valence-electron chi connectivity index (χ1n) is 5.45. The Labute approximate surface area is 125 Å². The zero-order valence-corrected chi connectivity index (χ0v) is 13.2. The van der Waals surface area contributed by atoms with Crippen LogP contribution < -0.4 is 4.72 Å². The van der Waals surface area contributed by atoms with E-state index in [1.54, 1.807) is 0 Å². The van der Waals surface area contributed by atoms with Gasteiger partial charge < -0.3 is 5.11 Å². The van der Waals surface area contributed by atoms with Crippen LogP contribution in [0.4, 0.5) is 0 Å². The molecule has 0 aromatic carbocycles. The van der Waals surface area contributed by atoms with Gasteiger partial charge in [-0.1, -0.05) is 36.5 Å². The smallest absolute Gasteiger partial charge is 0.307 e. The fourth-order valence-electron chi connectivity index (χ4n) is 1.46. The first-order chi connectivity index (χ1) is 8.77. The number of rotatable bonds is 7. The third-order valence-electron chi connectivity index (χ3n) is 2.42. The maximum atomic E-state index is 12.0. The lowest BCUT2D eigenvalue weighted by atomic mass is 10.1. The van der Waals surface area contributed by atoms with Crippen LogP contribution in [-0.4, -0.2) is 26.0 Å². The van der Waals surface area contributed by atoms with Gasteiger partial charge in [0.15, 0.2) is 0 Å². The summed E-state index contributed by atoms with van der Waals surface area (Å²) in [6.07, 6.45) is 1.06. The van der Waals surface area contributed by atoms with E-state index >= 15 is 0 Å². The van der Waals surface area contributed by atoms with Crippen LogP contribution >= 0.6 is 34.5 Å². The fourth-order valence-corrected chi connectivity index (χ4v) is 4.69. The van der Waals surface area contributed by atoms with Crippen molar-refractivity contribution in [3.8, 4) is 0 Å². The summed E-state index contributed by atoms with van der Waals surface area (Å²) in [6, 6.07) is 1.24. The molecule has 1 atom stereocenters. The van der Waals surface area contributed by atoms with E-state index in [2.05, 4.69) is 4.72 Å². The standard InChI is InChI=1S/C10H13Cl2NO4S2/c1-2-3-6(10(14)15)5-13-19(16,17)7-4-8(11)18-9(7)12/h4,6,13H,2-3,5H2,1H3,(H,14,15). The minimum atomic E-state index is -3.84. The van der Waals surface area contributed by atoms with Gasteiger partial charge in [-0.2, -0.15) is 0 Å². The average molecular weight is 346 g/mol. The van der Waals surface area contributed by atoms with Gasteiger partial charge in [0.1, 0.15) is 9.23 Å². The summed E-state index contributed by atoms with van der Waals surface area (Å²) in [4.78, 5) is 10.8. The number of aliphatic carboxylic acids is 1. The normalized spacial score (nSPS) is 13.4. The zero-order valence-electron chi connectivity index (χ0n) is 10.0. The van der Waals surface area contributed by atoms with Crippen molar-refractivity contribution >= 4 is 50.5 Å². The van der Waals surface area contributed by atoms with E-state index in [0.29, 0.717) is 12.8 Å². The lowest BCUT2D eigenvalue weighted by Gasteiger charge is -2.12. The Bertz CT molecular complexity index is 556. The number of carbonyl (C=O) groups is 1. The molecular formula is C10H13Cl2NO4S2. The van der Waals surface area contributed by atoms with Crippen molar-refractivity contribution in [2.24, 2.45) is 5.92 Å². The van der Waals surface area contributed by atoms with Crippen molar-refractivity contribution in [2.45, 2.75) is 24.7 Å². The monoisotopic (exact) mass is 345 g/mol. The number of halogens is 2. The van der Waals surface area contributed by atoms with Crippen LogP contribution in [-0.2, 0) is 14.8 Å². The van der Waals surface area contributed by atoms with Gasteiger partial charge >= 0.3 is 5.97 Å². The molecule has 108 valence electrons.